The molecule has 1 aromatic rings. The zero-order valence-corrected chi connectivity index (χ0v) is 10.6. The Kier molecular flexibility index (Phi) is 6.51. The van der Waals surface area contributed by atoms with Crippen molar-refractivity contribution in [2.75, 3.05) is 6.61 Å². The van der Waals surface area contributed by atoms with Crippen LogP contribution in [0.5, 0.6) is 0 Å². The molecule has 0 fully saturated rings. The molecule has 0 aliphatic carbocycles. The summed E-state index contributed by atoms with van der Waals surface area (Å²) in [6.07, 6.45) is 6.94. The summed E-state index contributed by atoms with van der Waals surface area (Å²) in [5.74, 6) is 0. The van der Waals surface area contributed by atoms with Crippen molar-refractivity contribution in [3.63, 3.8) is 0 Å². The van der Waals surface area contributed by atoms with Crippen LogP contribution in [0.1, 0.15) is 43.5 Å². The van der Waals surface area contributed by atoms with Crippen LogP contribution in [0.4, 0.5) is 0 Å². The third-order valence-electron chi connectivity index (χ3n) is 2.68. The van der Waals surface area contributed by atoms with E-state index in [-0.39, 0.29) is 6.10 Å². The van der Waals surface area contributed by atoms with E-state index in [4.69, 9.17) is 10.5 Å². The Morgan fingerprint density at radius 3 is 3.00 bits per heavy atom. The number of nitrogens with two attached hydrogens (primary N) is 1. The van der Waals surface area contributed by atoms with Crippen LogP contribution in [-0.4, -0.2) is 11.6 Å². The normalized spacial score (nSPS) is 12.4. The quantitative estimate of drug-likeness (QED) is 0.555. The predicted octanol–water partition coefficient (Wildman–Crippen LogP) is 2.97. The molecule has 1 heterocycles. The predicted molar refractivity (Wildman–Crippen MR) is 70.5 cm³/mol. The van der Waals surface area contributed by atoms with Crippen molar-refractivity contribution in [3.8, 4) is 0 Å². The lowest BCUT2D eigenvalue weighted by atomic mass is 10.1. The molecule has 0 bridgehead atoms. The second kappa shape index (κ2) is 7.98. The van der Waals surface area contributed by atoms with Gasteiger partial charge in [-0.3, -0.25) is 4.98 Å². The number of ether oxygens (including phenoxy) is 1. The highest BCUT2D eigenvalue weighted by atomic mass is 16.5. The first-order valence-corrected chi connectivity index (χ1v) is 6.21. The largest absolute Gasteiger partial charge is 0.369 e. The molecule has 1 atom stereocenters. The number of aromatic nitrogens is 1. The van der Waals surface area contributed by atoms with Gasteiger partial charge in [-0.05, 0) is 12.5 Å². The van der Waals surface area contributed by atoms with Crippen LogP contribution in [0.15, 0.2) is 31.0 Å². The van der Waals surface area contributed by atoms with Crippen LogP contribution in [0.25, 0.3) is 0 Å². The Hall–Kier alpha value is -1.19. The fourth-order valence-corrected chi connectivity index (χ4v) is 1.73. The molecular weight excluding hydrogens is 212 g/mol. The van der Waals surface area contributed by atoms with E-state index >= 15 is 0 Å². The van der Waals surface area contributed by atoms with E-state index in [9.17, 15) is 0 Å². The van der Waals surface area contributed by atoms with Crippen molar-refractivity contribution >= 4 is 0 Å². The molecule has 1 unspecified atom stereocenters. The van der Waals surface area contributed by atoms with Gasteiger partial charge in [0.25, 0.3) is 0 Å². The van der Waals surface area contributed by atoms with Gasteiger partial charge in [-0.2, -0.15) is 0 Å². The first-order valence-electron chi connectivity index (χ1n) is 6.21. The molecule has 17 heavy (non-hydrogen) atoms. The Bertz CT molecular complexity index is 339. The highest BCUT2D eigenvalue weighted by Gasteiger charge is 2.12. The average Bonchev–Trinajstić information content (AvgIpc) is 2.39. The minimum absolute atomic E-state index is 0.0980. The molecule has 0 aromatic carbocycles. The van der Waals surface area contributed by atoms with Gasteiger partial charge in [0.2, 0.25) is 0 Å². The van der Waals surface area contributed by atoms with Crippen LogP contribution in [0.3, 0.4) is 0 Å². The summed E-state index contributed by atoms with van der Waals surface area (Å²) in [5, 5.41) is 0. The molecule has 0 spiro atoms. The van der Waals surface area contributed by atoms with E-state index in [1.807, 2.05) is 18.2 Å². The van der Waals surface area contributed by atoms with Gasteiger partial charge >= 0.3 is 0 Å². The zero-order valence-electron chi connectivity index (χ0n) is 10.6. The van der Waals surface area contributed by atoms with Crippen LogP contribution in [-0.2, 0) is 11.3 Å². The van der Waals surface area contributed by atoms with Crippen LogP contribution < -0.4 is 5.73 Å². The highest BCUT2D eigenvalue weighted by molar-refractivity contribution is 5.25. The summed E-state index contributed by atoms with van der Waals surface area (Å²) < 4.78 is 5.81. The number of hydrogen-bond acceptors (Lipinski definition) is 3. The number of pyridine rings is 1. The number of hydrogen-bond donors (Lipinski definition) is 1. The van der Waals surface area contributed by atoms with E-state index < -0.39 is 0 Å². The maximum atomic E-state index is 5.81. The molecule has 0 saturated heterocycles. The van der Waals surface area contributed by atoms with Gasteiger partial charge < -0.3 is 10.5 Å². The molecular formula is C14H22N2O. The molecule has 1 aromatic heterocycles. The fourth-order valence-electron chi connectivity index (χ4n) is 1.73. The second-order valence-electron chi connectivity index (χ2n) is 3.98. The van der Waals surface area contributed by atoms with Crippen molar-refractivity contribution in [1.82, 2.24) is 4.98 Å². The van der Waals surface area contributed by atoms with Gasteiger partial charge in [-0.25, -0.2) is 0 Å². The highest BCUT2D eigenvalue weighted by Crippen LogP contribution is 2.21. The molecule has 0 amide bonds. The smallest absolute Gasteiger partial charge is 0.102 e. The fraction of sp³-hybridized carbons (Fsp3) is 0.500. The molecule has 3 heteroatoms. The standard InChI is InChI=1S/C14H22N2O/c1-3-5-6-10-17-14(4-2)12-8-7-9-16-13(12)11-15/h4,7-9,14H,2-3,5-6,10-11,15H2,1H3. The van der Waals surface area contributed by atoms with Gasteiger partial charge in [-0.1, -0.05) is 31.9 Å². The third-order valence-corrected chi connectivity index (χ3v) is 2.68. The summed E-state index contributed by atoms with van der Waals surface area (Å²) >= 11 is 0. The van der Waals surface area contributed by atoms with E-state index in [0.717, 1.165) is 24.3 Å². The lowest BCUT2D eigenvalue weighted by Crippen LogP contribution is -2.10. The molecule has 2 N–H and O–H groups in total. The topological polar surface area (TPSA) is 48.1 Å². The van der Waals surface area contributed by atoms with Gasteiger partial charge in [0, 0.05) is 24.9 Å². The van der Waals surface area contributed by atoms with Crippen molar-refractivity contribution in [2.45, 2.75) is 38.8 Å². The molecule has 0 aliphatic rings. The Morgan fingerprint density at radius 1 is 1.53 bits per heavy atom. The van der Waals surface area contributed by atoms with E-state index in [1.54, 1.807) is 6.20 Å². The maximum Gasteiger partial charge on any atom is 0.102 e. The average molecular weight is 234 g/mol. The Labute approximate surface area is 104 Å². The van der Waals surface area contributed by atoms with Gasteiger partial charge in [0.1, 0.15) is 6.10 Å². The Morgan fingerprint density at radius 2 is 2.35 bits per heavy atom. The monoisotopic (exact) mass is 234 g/mol. The summed E-state index contributed by atoms with van der Waals surface area (Å²) in [4.78, 5) is 4.26. The van der Waals surface area contributed by atoms with Crippen molar-refractivity contribution in [3.05, 3.63) is 42.2 Å². The zero-order chi connectivity index (χ0) is 12.5. The van der Waals surface area contributed by atoms with E-state index in [2.05, 4.69) is 18.5 Å². The Balaban J connectivity index is 2.62. The molecule has 0 saturated carbocycles. The lowest BCUT2D eigenvalue weighted by molar-refractivity contribution is 0.0815. The van der Waals surface area contributed by atoms with Crippen LogP contribution in [0.2, 0.25) is 0 Å². The summed E-state index contributed by atoms with van der Waals surface area (Å²) in [5.41, 5.74) is 7.58. The number of unbranched alkanes of at least 4 members (excludes halogenated alkanes) is 2. The third kappa shape index (κ3) is 4.29. The first kappa shape index (κ1) is 13.9. The van der Waals surface area contributed by atoms with E-state index in [1.165, 1.54) is 12.8 Å². The van der Waals surface area contributed by atoms with Crippen LogP contribution in [0, 0.1) is 0 Å². The van der Waals surface area contributed by atoms with Crippen LogP contribution >= 0.6 is 0 Å². The second-order valence-corrected chi connectivity index (χ2v) is 3.98. The van der Waals surface area contributed by atoms with Gasteiger partial charge in [0.05, 0.1) is 5.69 Å². The molecule has 3 nitrogen and oxygen atoms in total. The van der Waals surface area contributed by atoms with Crippen molar-refractivity contribution < 1.29 is 4.74 Å². The number of rotatable bonds is 8. The minimum atomic E-state index is -0.0980. The summed E-state index contributed by atoms with van der Waals surface area (Å²) in [6, 6.07) is 3.90. The van der Waals surface area contributed by atoms with Crippen molar-refractivity contribution in [2.24, 2.45) is 5.73 Å². The minimum Gasteiger partial charge on any atom is -0.369 e. The molecule has 94 valence electrons. The maximum absolute atomic E-state index is 5.81. The first-order chi connectivity index (χ1) is 8.33. The number of nitrogens with zero attached hydrogens (tertiary/aromatic N) is 1. The van der Waals surface area contributed by atoms with Crippen molar-refractivity contribution in [1.29, 1.82) is 0 Å². The van der Waals surface area contributed by atoms with E-state index in [0.29, 0.717) is 6.54 Å². The molecule has 1 rings (SSSR count). The summed E-state index contributed by atoms with van der Waals surface area (Å²) in [6.45, 7) is 7.18. The molecule has 0 radical (unpaired) electrons. The van der Waals surface area contributed by atoms with Gasteiger partial charge in [0.15, 0.2) is 0 Å². The summed E-state index contributed by atoms with van der Waals surface area (Å²) in [7, 11) is 0. The lowest BCUT2D eigenvalue weighted by Gasteiger charge is -2.16. The SMILES string of the molecule is C=CC(OCCCCC)c1cccnc1CN. The van der Waals surface area contributed by atoms with Gasteiger partial charge in [-0.15, -0.1) is 6.58 Å². The molecule has 0 aliphatic heterocycles.